The fraction of sp³-hybridized carbons (Fsp3) is 0.444. The van der Waals surface area contributed by atoms with Crippen molar-refractivity contribution >= 4 is 11.6 Å². The molecule has 0 radical (unpaired) electrons. The van der Waals surface area contributed by atoms with Crippen LogP contribution in [-0.2, 0) is 11.3 Å². The molecule has 1 aromatic heterocycles. The van der Waals surface area contributed by atoms with Gasteiger partial charge in [-0.2, -0.15) is 5.10 Å². The smallest absolute Gasteiger partial charge is 0.269 e. The Morgan fingerprint density at radius 1 is 1.32 bits per heavy atom. The third-order valence-corrected chi connectivity index (χ3v) is 4.24. The molecule has 1 aromatic carbocycles. The highest BCUT2D eigenvalue weighted by Crippen LogP contribution is 2.31. The van der Waals surface area contributed by atoms with E-state index in [-0.39, 0.29) is 12.5 Å². The number of benzene rings is 1. The van der Waals surface area contributed by atoms with Gasteiger partial charge in [0, 0.05) is 12.7 Å². The summed E-state index contributed by atoms with van der Waals surface area (Å²) in [6.45, 7) is 8.22. The molecule has 134 valence electrons. The van der Waals surface area contributed by atoms with Crippen LogP contribution in [0.2, 0.25) is 0 Å². The lowest BCUT2D eigenvalue weighted by atomic mass is 10.2. The van der Waals surface area contributed by atoms with Crippen molar-refractivity contribution in [2.24, 2.45) is 0 Å². The van der Waals surface area contributed by atoms with Crippen molar-refractivity contribution in [3.05, 3.63) is 36.7 Å². The minimum absolute atomic E-state index is 0.193. The second kappa shape index (κ2) is 8.02. The van der Waals surface area contributed by atoms with Crippen molar-refractivity contribution in [3.63, 3.8) is 0 Å². The summed E-state index contributed by atoms with van der Waals surface area (Å²) in [7, 11) is 0. The van der Waals surface area contributed by atoms with Gasteiger partial charge in [-0.15, -0.1) is 0 Å². The fourth-order valence-electron chi connectivity index (χ4n) is 2.71. The molecule has 7 heteroatoms. The Labute approximate surface area is 147 Å². The summed E-state index contributed by atoms with van der Waals surface area (Å²) in [5.74, 6) is 1.01. The maximum Gasteiger partial charge on any atom is 0.269 e. The second-order valence-corrected chi connectivity index (χ2v) is 5.87. The Bertz CT molecular complexity index is 712. The molecule has 0 fully saturated rings. The maximum absolute atomic E-state index is 12.4. The van der Waals surface area contributed by atoms with E-state index in [2.05, 4.69) is 29.2 Å². The van der Waals surface area contributed by atoms with Crippen molar-refractivity contribution in [2.45, 2.75) is 26.5 Å². The molecule has 0 bridgehead atoms. The van der Waals surface area contributed by atoms with Crippen LogP contribution in [0.4, 0.5) is 5.69 Å². The van der Waals surface area contributed by atoms with Crippen molar-refractivity contribution in [1.82, 2.24) is 14.7 Å². The molecule has 1 aliphatic rings. The number of rotatable bonds is 7. The van der Waals surface area contributed by atoms with Crippen LogP contribution in [0.15, 0.2) is 36.7 Å². The summed E-state index contributed by atoms with van der Waals surface area (Å²) in [4.78, 5) is 14.7. The number of amides is 1. The standard InChI is InChI=1S/C18H24N4O3/c1-3-21(4-2)9-10-22-12-14(11-19-22)20-18(23)17-13-24-15-7-5-6-8-16(15)25-17/h5-8,11-12,17H,3-4,9-10,13H2,1-2H3,(H,20,23)/t17-/m0/s1. The van der Waals surface area contributed by atoms with Gasteiger partial charge < -0.3 is 19.7 Å². The summed E-state index contributed by atoms with van der Waals surface area (Å²) < 4.78 is 13.1. The number of aromatic nitrogens is 2. The van der Waals surface area contributed by atoms with Crippen molar-refractivity contribution in [2.75, 3.05) is 31.6 Å². The van der Waals surface area contributed by atoms with Crippen LogP contribution < -0.4 is 14.8 Å². The van der Waals surface area contributed by atoms with Crippen LogP contribution in [0.5, 0.6) is 11.5 Å². The number of carbonyl (C=O) groups excluding carboxylic acids is 1. The predicted octanol–water partition coefficient (Wildman–Crippen LogP) is 2.00. The number of anilines is 1. The maximum atomic E-state index is 12.4. The van der Waals surface area contributed by atoms with Crippen LogP contribution in [-0.4, -0.2) is 52.9 Å². The van der Waals surface area contributed by atoms with Crippen LogP contribution in [0.1, 0.15) is 13.8 Å². The zero-order chi connectivity index (χ0) is 17.6. The van der Waals surface area contributed by atoms with E-state index in [0.29, 0.717) is 17.2 Å². The summed E-state index contributed by atoms with van der Waals surface area (Å²) in [6.07, 6.45) is 2.81. The minimum atomic E-state index is -0.672. The van der Waals surface area contributed by atoms with Gasteiger partial charge in [0.2, 0.25) is 6.10 Å². The topological polar surface area (TPSA) is 68.6 Å². The zero-order valence-electron chi connectivity index (χ0n) is 14.6. The summed E-state index contributed by atoms with van der Waals surface area (Å²) in [5.41, 5.74) is 0.659. The highest BCUT2D eigenvalue weighted by molar-refractivity contribution is 5.94. The molecule has 0 saturated heterocycles. The van der Waals surface area contributed by atoms with Gasteiger partial charge in [-0.3, -0.25) is 9.48 Å². The fourth-order valence-corrected chi connectivity index (χ4v) is 2.71. The Morgan fingerprint density at radius 3 is 2.84 bits per heavy atom. The van der Waals surface area contributed by atoms with Gasteiger partial charge in [0.05, 0.1) is 18.4 Å². The summed E-state index contributed by atoms with van der Waals surface area (Å²) in [6, 6.07) is 7.33. The van der Waals surface area contributed by atoms with Crippen LogP contribution in [0, 0.1) is 0 Å². The monoisotopic (exact) mass is 344 g/mol. The third kappa shape index (κ3) is 4.30. The lowest BCUT2D eigenvalue weighted by Crippen LogP contribution is -2.40. The quantitative estimate of drug-likeness (QED) is 0.832. The Kier molecular flexibility index (Phi) is 5.55. The number of ether oxygens (including phenoxy) is 2. The first-order valence-electron chi connectivity index (χ1n) is 8.63. The SMILES string of the molecule is CCN(CC)CCn1cc(NC(=O)[C@@H]2COc3ccccc3O2)cn1. The van der Waals surface area contributed by atoms with Crippen molar-refractivity contribution < 1.29 is 14.3 Å². The van der Waals surface area contributed by atoms with E-state index in [4.69, 9.17) is 9.47 Å². The van der Waals surface area contributed by atoms with Gasteiger partial charge >= 0.3 is 0 Å². The number of hydrogen-bond acceptors (Lipinski definition) is 5. The van der Waals surface area contributed by atoms with E-state index >= 15 is 0 Å². The highest BCUT2D eigenvalue weighted by Gasteiger charge is 2.27. The van der Waals surface area contributed by atoms with E-state index < -0.39 is 6.10 Å². The van der Waals surface area contributed by atoms with Crippen LogP contribution in [0.25, 0.3) is 0 Å². The van der Waals surface area contributed by atoms with Crippen LogP contribution >= 0.6 is 0 Å². The lowest BCUT2D eigenvalue weighted by Gasteiger charge is -2.25. The zero-order valence-corrected chi connectivity index (χ0v) is 14.6. The van der Waals surface area contributed by atoms with E-state index in [1.807, 2.05) is 29.1 Å². The van der Waals surface area contributed by atoms with Gasteiger partial charge in [0.15, 0.2) is 11.5 Å². The number of hydrogen-bond donors (Lipinski definition) is 1. The van der Waals surface area contributed by atoms with E-state index in [1.54, 1.807) is 12.3 Å². The number of likely N-dealkylation sites (N-methyl/N-ethyl adjacent to an activating group) is 1. The molecule has 3 rings (SSSR count). The molecular weight excluding hydrogens is 320 g/mol. The summed E-state index contributed by atoms with van der Waals surface area (Å²) in [5, 5.41) is 7.13. The molecule has 0 aliphatic carbocycles. The van der Waals surface area contributed by atoms with Gasteiger partial charge in [-0.05, 0) is 25.2 Å². The first kappa shape index (κ1) is 17.3. The first-order valence-corrected chi connectivity index (χ1v) is 8.63. The average molecular weight is 344 g/mol. The van der Waals surface area contributed by atoms with E-state index in [1.165, 1.54) is 0 Å². The minimum Gasteiger partial charge on any atom is -0.485 e. The van der Waals surface area contributed by atoms with Crippen molar-refractivity contribution in [1.29, 1.82) is 0 Å². The molecule has 25 heavy (non-hydrogen) atoms. The molecule has 0 unspecified atom stereocenters. The number of para-hydroxylation sites is 2. The molecule has 1 N–H and O–H groups in total. The van der Waals surface area contributed by atoms with Gasteiger partial charge in [0.25, 0.3) is 5.91 Å². The molecule has 1 amide bonds. The Morgan fingerprint density at radius 2 is 2.08 bits per heavy atom. The predicted molar refractivity (Wildman–Crippen MR) is 95.0 cm³/mol. The van der Waals surface area contributed by atoms with Crippen molar-refractivity contribution in [3.8, 4) is 11.5 Å². The highest BCUT2D eigenvalue weighted by atomic mass is 16.6. The first-order chi connectivity index (χ1) is 12.2. The number of carbonyl (C=O) groups is 1. The Hall–Kier alpha value is -2.54. The second-order valence-electron chi connectivity index (χ2n) is 5.87. The molecule has 1 aliphatic heterocycles. The molecular formula is C18H24N4O3. The van der Waals surface area contributed by atoms with Gasteiger partial charge in [-0.1, -0.05) is 26.0 Å². The molecule has 2 aromatic rings. The van der Waals surface area contributed by atoms with Gasteiger partial charge in [-0.25, -0.2) is 0 Å². The number of fused-ring (bicyclic) bond motifs is 1. The summed E-state index contributed by atoms with van der Waals surface area (Å²) >= 11 is 0. The molecule has 0 saturated carbocycles. The average Bonchev–Trinajstić information content (AvgIpc) is 3.09. The molecule has 0 spiro atoms. The van der Waals surface area contributed by atoms with Gasteiger partial charge in [0.1, 0.15) is 6.61 Å². The number of nitrogens with one attached hydrogen (secondary N) is 1. The lowest BCUT2D eigenvalue weighted by molar-refractivity contribution is -0.125. The van der Waals surface area contributed by atoms with E-state index in [9.17, 15) is 4.79 Å². The molecule has 2 heterocycles. The normalized spacial score (nSPS) is 16.0. The Balaban J connectivity index is 1.54. The number of nitrogens with zero attached hydrogens (tertiary/aromatic N) is 3. The largest absolute Gasteiger partial charge is 0.485 e. The van der Waals surface area contributed by atoms with Crippen LogP contribution in [0.3, 0.4) is 0 Å². The van der Waals surface area contributed by atoms with E-state index in [0.717, 1.165) is 26.2 Å². The molecule has 7 nitrogen and oxygen atoms in total. The third-order valence-electron chi connectivity index (χ3n) is 4.24. The molecule has 1 atom stereocenters.